The van der Waals surface area contributed by atoms with Crippen LogP contribution in [0.1, 0.15) is 30.9 Å². The number of thioether (sulfide) groups is 1. The summed E-state index contributed by atoms with van der Waals surface area (Å²) in [5.41, 5.74) is 2.96. The fraction of sp³-hybridized carbons (Fsp3) is 0.263. The predicted molar refractivity (Wildman–Crippen MR) is 107 cm³/mol. The minimum atomic E-state index is -0.260. The molecule has 1 heterocycles. The van der Waals surface area contributed by atoms with Gasteiger partial charge in [-0.15, -0.1) is 0 Å². The number of halogens is 2. The first kappa shape index (κ1) is 18.3. The molecule has 1 fully saturated rings. The molecule has 0 aromatic heterocycles. The van der Waals surface area contributed by atoms with Gasteiger partial charge in [0.25, 0.3) is 0 Å². The maximum absolute atomic E-state index is 12.2. The lowest BCUT2D eigenvalue weighted by Gasteiger charge is -2.08. The maximum atomic E-state index is 12.2. The zero-order chi connectivity index (χ0) is 18.0. The second kappa shape index (κ2) is 7.81. The van der Waals surface area contributed by atoms with Crippen LogP contribution in [0, 0.1) is 0 Å². The normalized spacial score (nSPS) is 18.8. The Hall–Kier alpha value is -1.49. The zero-order valence-electron chi connectivity index (χ0n) is 13.9. The van der Waals surface area contributed by atoms with Crippen LogP contribution in [0.5, 0.6) is 0 Å². The Labute approximate surface area is 161 Å². The van der Waals surface area contributed by atoms with Gasteiger partial charge in [0.1, 0.15) is 0 Å². The molecule has 130 valence electrons. The number of nitrogens with one attached hydrogen (secondary N) is 1. The van der Waals surface area contributed by atoms with Crippen molar-refractivity contribution in [2.45, 2.75) is 31.4 Å². The van der Waals surface area contributed by atoms with Crippen molar-refractivity contribution in [1.29, 1.82) is 0 Å². The third-order valence-electron chi connectivity index (χ3n) is 4.00. The molecule has 1 atom stereocenters. The number of carbonyl (C=O) groups excluding carboxylic acids is 1. The van der Waals surface area contributed by atoms with Crippen LogP contribution in [0.4, 0.5) is 5.69 Å². The van der Waals surface area contributed by atoms with E-state index >= 15 is 0 Å². The van der Waals surface area contributed by atoms with E-state index in [-0.39, 0.29) is 11.2 Å². The number of rotatable bonds is 4. The second-order valence-electron chi connectivity index (χ2n) is 6.18. The van der Waals surface area contributed by atoms with E-state index in [0.29, 0.717) is 27.6 Å². The van der Waals surface area contributed by atoms with Crippen molar-refractivity contribution < 1.29 is 4.79 Å². The van der Waals surface area contributed by atoms with Crippen molar-refractivity contribution in [2.24, 2.45) is 4.99 Å². The highest BCUT2D eigenvalue weighted by molar-refractivity contribution is 8.15. The Morgan fingerprint density at radius 1 is 1.16 bits per heavy atom. The Balaban J connectivity index is 1.72. The van der Waals surface area contributed by atoms with E-state index in [0.717, 1.165) is 11.3 Å². The molecule has 1 aliphatic heterocycles. The Bertz CT molecular complexity index is 819. The highest BCUT2D eigenvalue weighted by atomic mass is 35.5. The summed E-state index contributed by atoms with van der Waals surface area (Å²) in [5.74, 6) is 0.424. The standard InChI is InChI=1S/C19H18Cl2N2OS/c1-11(2)12-6-8-14(9-7-12)22-19-23-18(24)16(25-19)10-13-4-3-5-15(20)17(13)21/h3-9,11,16H,10H2,1-2H3,(H,22,23,24)/t16-/m0/s1. The summed E-state index contributed by atoms with van der Waals surface area (Å²) in [6.07, 6.45) is 0.515. The van der Waals surface area contributed by atoms with Gasteiger partial charge in [-0.25, -0.2) is 4.99 Å². The lowest BCUT2D eigenvalue weighted by Crippen LogP contribution is -2.26. The summed E-state index contributed by atoms with van der Waals surface area (Å²) >= 11 is 13.7. The maximum Gasteiger partial charge on any atom is 0.239 e. The predicted octanol–water partition coefficient (Wildman–Crippen LogP) is 5.58. The van der Waals surface area contributed by atoms with Gasteiger partial charge in [-0.05, 0) is 41.7 Å². The molecule has 0 radical (unpaired) electrons. The number of amides is 1. The molecule has 1 saturated heterocycles. The molecule has 6 heteroatoms. The highest BCUT2D eigenvalue weighted by Crippen LogP contribution is 2.31. The van der Waals surface area contributed by atoms with E-state index in [9.17, 15) is 4.79 Å². The molecule has 3 nitrogen and oxygen atoms in total. The number of aliphatic imine (C=N–C) groups is 1. The molecule has 1 amide bonds. The summed E-state index contributed by atoms with van der Waals surface area (Å²) in [6, 6.07) is 13.5. The number of hydrogen-bond donors (Lipinski definition) is 1. The summed E-state index contributed by atoms with van der Waals surface area (Å²) in [6.45, 7) is 4.30. The molecular weight excluding hydrogens is 375 g/mol. The monoisotopic (exact) mass is 392 g/mol. The Morgan fingerprint density at radius 3 is 2.56 bits per heavy atom. The number of nitrogens with zero attached hydrogens (tertiary/aromatic N) is 1. The van der Waals surface area contributed by atoms with Crippen LogP contribution in [0.2, 0.25) is 10.0 Å². The summed E-state index contributed by atoms with van der Waals surface area (Å²) in [5, 5.41) is 4.21. The van der Waals surface area contributed by atoms with Gasteiger partial charge in [0.15, 0.2) is 5.17 Å². The van der Waals surface area contributed by atoms with Crippen LogP contribution >= 0.6 is 35.0 Å². The zero-order valence-corrected chi connectivity index (χ0v) is 16.3. The van der Waals surface area contributed by atoms with Crippen molar-refractivity contribution in [2.75, 3.05) is 0 Å². The fourth-order valence-corrected chi connectivity index (χ4v) is 3.96. The molecule has 2 aromatic carbocycles. The van der Waals surface area contributed by atoms with E-state index in [4.69, 9.17) is 23.2 Å². The van der Waals surface area contributed by atoms with Gasteiger partial charge in [-0.1, -0.05) is 73.1 Å². The van der Waals surface area contributed by atoms with Gasteiger partial charge in [0, 0.05) is 0 Å². The van der Waals surface area contributed by atoms with Crippen molar-refractivity contribution >= 4 is 51.7 Å². The third-order valence-corrected chi connectivity index (χ3v) is 5.94. The van der Waals surface area contributed by atoms with Gasteiger partial charge in [-0.2, -0.15) is 0 Å². The van der Waals surface area contributed by atoms with E-state index in [1.54, 1.807) is 6.07 Å². The summed E-state index contributed by atoms with van der Waals surface area (Å²) in [4.78, 5) is 16.8. The van der Waals surface area contributed by atoms with Crippen LogP contribution in [0.25, 0.3) is 0 Å². The number of amidine groups is 1. The van der Waals surface area contributed by atoms with Crippen LogP contribution in [-0.4, -0.2) is 16.3 Å². The Morgan fingerprint density at radius 2 is 1.88 bits per heavy atom. The minimum Gasteiger partial charge on any atom is -0.304 e. The highest BCUT2D eigenvalue weighted by Gasteiger charge is 2.31. The molecule has 25 heavy (non-hydrogen) atoms. The topological polar surface area (TPSA) is 41.5 Å². The van der Waals surface area contributed by atoms with Crippen molar-refractivity contribution in [3.63, 3.8) is 0 Å². The molecule has 0 unspecified atom stereocenters. The van der Waals surface area contributed by atoms with Crippen molar-refractivity contribution in [3.8, 4) is 0 Å². The first-order chi connectivity index (χ1) is 11.9. The van der Waals surface area contributed by atoms with E-state index in [2.05, 4.69) is 36.3 Å². The largest absolute Gasteiger partial charge is 0.304 e. The van der Waals surface area contributed by atoms with Crippen molar-refractivity contribution in [1.82, 2.24) is 5.32 Å². The third kappa shape index (κ3) is 4.38. The average Bonchev–Trinajstić information content (AvgIpc) is 2.91. The molecule has 1 aliphatic rings. The van der Waals surface area contributed by atoms with E-state index in [1.165, 1.54) is 17.3 Å². The molecule has 3 rings (SSSR count). The molecule has 0 spiro atoms. The van der Waals surface area contributed by atoms with Gasteiger partial charge in [-0.3, -0.25) is 4.79 Å². The van der Waals surface area contributed by atoms with Crippen molar-refractivity contribution in [3.05, 3.63) is 63.6 Å². The van der Waals surface area contributed by atoms with Crippen LogP contribution in [0.15, 0.2) is 47.5 Å². The van der Waals surface area contributed by atoms with Gasteiger partial charge >= 0.3 is 0 Å². The van der Waals surface area contributed by atoms with Crippen LogP contribution in [-0.2, 0) is 11.2 Å². The summed E-state index contributed by atoms with van der Waals surface area (Å²) < 4.78 is 0. The summed E-state index contributed by atoms with van der Waals surface area (Å²) in [7, 11) is 0. The van der Waals surface area contributed by atoms with Crippen LogP contribution in [0.3, 0.4) is 0 Å². The molecular formula is C19H18Cl2N2OS. The lowest BCUT2D eigenvalue weighted by atomic mass is 10.0. The number of hydrogen-bond acceptors (Lipinski definition) is 3. The number of benzene rings is 2. The second-order valence-corrected chi connectivity index (χ2v) is 8.15. The Kier molecular flexibility index (Phi) is 5.72. The average molecular weight is 393 g/mol. The van der Waals surface area contributed by atoms with Gasteiger partial charge in [0.2, 0.25) is 5.91 Å². The first-order valence-electron chi connectivity index (χ1n) is 8.03. The minimum absolute atomic E-state index is 0.0569. The van der Waals surface area contributed by atoms with Gasteiger partial charge < -0.3 is 5.32 Å². The van der Waals surface area contributed by atoms with E-state index in [1.807, 2.05) is 24.3 Å². The smallest absolute Gasteiger partial charge is 0.239 e. The fourth-order valence-electron chi connectivity index (χ4n) is 2.55. The lowest BCUT2D eigenvalue weighted by molar-refractivity contribution is -0.118. The van der Waals surface area contributed by atoms with E-state index < -0.39 is 0 Å². The van der Waals surface area contributed by atoms with Crippen LogP contribution < -0.4 is 5.32 Å². The molecule has 0 saturated carbocycles. The quantitative estimate of drug-likeness (QED) is 0.737. The van der Waals surface area contributed by atoms with Gasteiger partial charge in [0.05, 0.1) is 21.0 Å². The molecule has 0 bridgehead atoms. The first-order valence-corrected chi connectivity index (χ1v) is 9.66. The number of carbonyl (C=O) groups is 1. The molecule has 2 aromatic rings. The SMILES string of the molecule is CC(C)c1ccc(N=C2NC(=O)[C@H](Cc3cccc(Cl)c3Cl)S2)cc1. The molecule has 0 aliphatic carbocycles. The molecule has 1 N–H and O–H groups in total.